The van der Waals surface area contributed by atoms with Crippen molar-refractivity contribution in [2.75, 3.05) is 20.6 Å². The van der Waals surface area contributed by atoms with Crippen LogP contribution >= 0.6 is 15.9 Å². The Morgan fingerprint density at radius 3 is 2.12 bits per heavy atom. The zero-order chi connectivity index (χ0) is 6.20. The van der Waals surface area contributed by atoms with Crippen LogP contribution in [-0.4, -0.2) is 29.9 Å². The fraction of sp³-hybridized carbons (Fsp3) is 1.00. The first-order valence-corrected chi connectivity index (χ1v) is 3.75. The van der Waals surface area contributed by atoms with E-state index in [1.807, 2.05) is 0 Å². The van der Waals surface area contributed by atoms with Crippen LogP contribution in [0.5, 0.6) is 0 Å². The number of alkyl halides is 1. The highest BCUT2D eigenvalue weighted by Gasteiger charge is 2.39. The summed E-state index contributed by atoms with van der Waals surface area (Å²) in [5.74, 6) is 0. The van der Waals surface area contributed by atoms with Crippen LogP contribution in [0.4, 0.5) is 0 Å². The molecule has 1 aliphatic carbocycles. The van der Waals surface area contributed by atoms with Gasteiger partial charge in [-0.3, -0.25) is 0 Å². The Hall–Kier alpha value is 0.440. The first kappa shape index (κ1) is 6.56. The highest BCUT2D eigenvalue weighted by molar-refractivity contribution is 9.10. The minimum Gasteiger partial charge on any atom is -0.308 e. The highest BCUT2D eigenvalue weighted by Crippen LogP contribution is 2.44. The molecule has 0 radical (unpaired) electrons. The summed E-state index contributed by atoms with van der Waals surface area (Å²) in [6, 6.07) is 0. The summed E-state index contributed by atoms with van der Waals surface area (Å²) in [7, 11) is 4.22. The summed E-state index contributed by atoms with van der Waals surface area (Å²) in [6.45, 7) is 1.19. The van der Waals surface area contributed by atoms with Gasteiger partial charge in [-0.2, -0.15) is 0 Å². The minimum atomic E-state index is 0.510. The third-order valence-corrected chi connectivity index (χ3v) is 2.44. The molecule has 1 nitrogen and oxygen atoms in total. The van der Waals surface area contributed by atoms with Crippen molar-refractivity contribution in [1.82, 2.24) is 4.90 Å². The van der Waals surface area contributed by atoms with Gasteiger partial charge in [0.05, 0.1) is 0 Å². The van der Waals surface area contributed by atoms with Crippen molar-refractivity contribution >= 4 is 15.9 Å². The maximum Gasteiger partial charge on any atom is 0.0385 e. The van der Waals surface area contributed by atoms with Crippen LogP contribution in [0, 0.1) is 0 Å². The summed E-state index contributed by atoms with van der Waals surface area (Å²) >= 11 is 3.65. The van der Waals surface area contributed by atoms with Crippen LogP contribution in [-0.2, 0) is 0 Å². The third kappa shape index (κ3) is 1.75. The second-order valence-electron chi connectivity index (χ2n) is 2.89. The Morgan fingerprint density at radius 2 is 2.00 bits per heavy atom. The lowest BCUT2D eigenvalue weighted by Gasteiger charge is -2.12. The largest absolute Gasteiger partial charge is 0.308 e. The molecule has 1 fully saturated rings. The molecule has 1 aliphatic rings. The Labute approximate surface area is 59.2 Å². The Kier molecular flexibility index (Phi) is 1.63. The van der Waals surface area contributed by atoms with Crippen molar-refractivity contribution in [2.24, 2.45) is 0 Å². The van der Waals surface area contributed by atoms with Crippen LogP contribution < -0.4 is 0 Å². The smallest absolute Gasteiger partial charge is 0.0385 e. The maximum absolute atomic E-state index is 3.65. The fourth-order valence-corrected chi connectivity index (χ4v) is 1.56. The maximum atomic E-state index is 3.65. The predicted octanol–water partition coefficient (Wildman–Crippen LogP) is 1.48. The summed E-state index contributed by atoms with van der Waals surface area (Å²) in [4.78, 5) is 2.22. The van der Waals surface area contributed by atoms with Crippen molar-refractivity contribution in [1.29, 1.82) is 0 Å². The van der Waals surface area contributed by atoms with Crippen molar-refractivity contribution < 1.29 is 0 Å². The Bertz CT molecular complexity index is 86.5. The molecule has 0 aromatic heterocycles. The second kappa shape index (κ2) is 1.99. The summed E-state index contributed by atoms with van der Waals surface area (Å²) in [5.41, 5.74) is 0. The van der Waals surface area contributed by atoms with E-state index in [4.69, 9.17) is 0 Å². The van der Waals surface area contributed by atoms with Gasteiger partial charge in [0.15, 0.2) is 0 Å². The third-order valence-electron chi connectivity index (χ3n) is 1.39. The van der Waals surface area contributed by atoms with Gasteiger partial charge in [0.25, 0.3) is 0 Å². The molecule has 0 heterocycles. The molecule has 8 heavy (non-hydrogen) atoms. The van der Waals surface area contributed by atoms with Crippen molar-refractivity contribution in [3.8, 4) is 0 Å². The molecule has 0 aliphatic heterocycles. The molecule has 1 rings (SSSR count). The number of halogens is 1. The fourth-order valence-electron chi connectivity index (χ4n) is 0.860. The van der Waals surface area contributed by atoms with Crippen molar-refractivity contribution in [3.05, 3.63) is 0 Å². The molecule has 0 saturated heterocycles. The van der Waals surface area contributed by atoms with Crippen molar-refractivity contribution in [3.63, 3.8) is 0 Å². The number of rotatable bonds is 2. The standard InChI is InChI=1S/C6H12BrN/c1-8(2)5-6(7)3-4-6/h3-5H2,1-2H3. The lowest BCUT2D eigenvalue weighted by Crippen LogP contribution is -2.22. The lowest BCUT2D eigenvalue weighted by atomic mass is 10.4. The molecule has 1 saturated carbocycles. The van der Waals surface area contributed by atoms with Crippen LogP contribution in [0.2, 0.25) is 0 Å². The van der Waals surface area contributed by atoms with Crippen molar-refractivity contribution in [2.45, 2.75) is 17.2 Å². The molecular weight excluding hydrogens is 166 g/mol. The predicted molar refractivity (Wildman–Crippen MR) is 39.4 cm³/mol. The Morgan fingerprint density at radius 1 is 1.50 bits per heavy atom. The van der Waals surface area contributed by atoms with E-state index >= 15 is 0 Å². The van der Waals surface area contributed by atoms with Gasteiger partial charge in [-0.15, -0.1) is 0 Å². The normalized spacial score (nSPS) is 24.0. The monoisotopic (exact) mass is 177 g/mol. The average Bonchev–Trinajstić information content (AvgIpc) is 2.17. The second-order valence-corrected chi connectivity index (χ2v) is 4.57. The zero-order valence-corrected chi connectivity index (χ0v) is 7.03. The quantitative estimate of drug-likeness (QED) is 0.579. The van der Waals surface area contributed by atoms with Gasteiger partial charge >= 0.3 is 0 Å². The van der Waals surface area contributed by atoms with Gasteiger partial charge in [-0.1, -0.05) is 15.9 Å². The highest BCUT2D eigenvalue weighted by atomic mass is 79.9. The topological polar surface area (TPSA) is 3.24 Å². The van der Waals surface area contributed by atoms with E-state index in [1.165, 1.54) is 19.4 Å². The van der Waals surface area contributed by atoms with Crippen LogP contribution in [0.1, 0.15) is 12.8 Å². The molecule has 0 unspecified atom stereocenters. The van der Waals surface area contributed by atoms with Crippen LogP contribution in [0.25, 0.3) is 0 Å². The van der Waals surface area contributed by atoms with Gasteiger partial charge in [-0.05, 0) is 26.9 Å². The van der Waals surface area contributed by atoms with E-state index in [0.717, 1.165) is 0 Å². The van der Waals surface area contributed by atoms with Crippen LogP contribution in [0.3, 0.4) is 0 Å². The van der Waals surface area contributed by atoms with E-state index in [9.17, 15) is 0 Å². The lowest BCUT2D eigenvalue weighted by molar-refractivity contribution is 0.404. The summed E-state index contributed by atoms with van der Waals surface area (Å²) in [6.07, 6.45) is 2.70. The van der Waals surface area contributed by atoms with Gasteiger partial charge < -0.3 is 4.90 Å². The van der Waals surface area contributed by atoms with Gasteiger partial charge in [0.1, 0.15) is 0 Å². The van der Waals surface area contributed by atoms with Crippen LogP contribution in [0.15, 0.2) is 0 Å². The first-order chi connectivity index (χ1) is 3.62. The Balaban J connectivity index is 2.19. The van der Waals surface area contributed by atoms with Gasteiger partial charge in [-0.25, -0.2) is 0 Å². The molecule has 0 amide bonds. The van der Waals surface area contributed by atoms with Gasteiger partial charge in [0, 0.05) is 10.9 Å². The minimum absolute atomic E-state index is 0.510. The number of hydrogen-bond acceptors (Lipinski definition) is 1. The molecule has 0 aromatic carbocycles. The van der Waals surface area contributed by atoms with E-state index in [0.29, 0.717) is 4.32 Å². The average molecular weight is 178 g/mol. The van der Waals surface area contributed by atoms with E-state index in [-0.39, 0.29) is 0 Å². The SMILES string of the molecule is CN(C)CC1(Br)CC1. The zero-order valence-electron chi connectivity index (χ0n) is 5.45. The molecule has 0 bridgehead atoms. The molecule has 0 atom stereocenters. The molecule has 0 aromatic rings. The molecule has 2 heteroatoms. The van der Waals surface area contributed by atoms with E-state index < -0.39 is 0 Å². The molecule has 0 N–H and O–H groups in total. The first-order valence-electron chi connectivity index (χ1n) is 2.96. The summed E-state index contributed by atoms with van der Waals surface area (Å²) < 4.78 is 0.510. The molecule has 0 spiro atoms. The molecular formula is C6H12BrN. The van der Waals surface area contributed by atoms with E-state index in [1.54, 1.807) is 0 Å². The molecule has 48 valence electrons. The number of hydrogen-bond donors (Lipinski definition) is 0. The summed E-state index contributed by atoms with van der Waals surface area (Å²) in [5, 5.41) is 0. The number of nitrogens with zero attached hydrogens (tertiary/aromatic N) is 1. The van der Waals surface area contributed by atoms with Gasteiger partial charge in [0.2, 0.25) is 0 Å². The van der Waals surface area contributed by atoms with E-state index in [2.05, 4.69) is 34.9 Å².